The summed E-state index contributed by atoms with van der Waals surface area (Å²) >= 11 is 0. The lowest BCUT2D eigenvalue weighted by Crippen LogP contribution is -2.44. The number of hydrogen-bond acceptors (Lipinski definition) is 9. The highest BCUT2D eigenvalue weighted by Gasteiger charge is 2.29. The Balaban J connectivity index is 1.72. The summed E-state index contributed by atoms with van der Waals surface area (Å²) in [5, 5.41) is 2.58. The lowest BCUT2D eigenvalue weighted by Gasteiger charge is -2.26. The van der Waals surface area contributed by atoms with Crippen molar-refractivity contribution in [3.8, 4) is 17.2 Å². The first kappa shape index (κ1) is 29.0. The number of benzene rings is 2. The van der Waals surface area contributed by atoms with Crippen LogP contribution >= 0.6 is 0 Å². The molecule has 3 atom stereocenters. The Hall–Kier alpha value is -4.60. The molecular weight excluding hydrogens is 504 g/mol. The first-order chi connectivity index (χ1) is 18.8. The third-order valence-corrected chi connectivity index (χ3v) is 5.61. The molecule has 0 bridgehead atoms. The van der Waals surface area contributed by atoms with Gasteiger partial charge in [0.25, 0.3) is 5.91 Å². The summed E-state index contributed by atoms with van der Waals surface area (Å²) in [4.78, 5) is 41.3. The zero-order valence-electron chi connectivity index (χ0n) is 22.3. The second kappa shape index (κ2) is 14.4. The number of ether oxygens (including phenoxy) is 5. The number of pyridine rings is 1. The summed E-state index contributed by atoms with van der Waals surface area (Å²) in [6, 6.07) is 19.3. The van der Waals surface area contributed by atoms with Crippen molar-refractivity contribution >= 4 is 17.8 Å². The van der Waals surface area contributed by atoms with Crippen molar-refractivity contribution in [1.82, 2.24) is 10.3 Å². The van der Waals surface area contributed by atoms with Crippen LogP contribution in [0.2, 0.25) is 0 Å². The molecule has 0 aliphatic carbocycles. The van der Waals surface area contributed by atoms with Crippen molar-refractivity contribution in [2.45, 2.75) is 45.4 Å². The normalized spacial score (nSPS) is 12.8. The van der Waals surface area contributed by atoms with Gasteiger partial charge in [-0.2, -0.15) is 0 Å². The number of methoxy groups -OCH3 is 1. The van der Waals surface area contributed by atoms with Gasteiger partial charge in [0, 0.05) is 25.6 Å². The van der Waals surface area contributed by atoms with Crippen LogP contribution in [0.4, 0.5) is 0 Å². The molecule has 0 spiro atoms. The minimum absolute atomic E-state index is 0.0360. The number of rotatable bonds is 13. The number of esters is 2. The molecule has 0 aliphatic rings. The molecule has 206 valence electrons. The topological polar surface area (TPSA) is 122 Å². The van der Waals surface area contributed by atoms with E-state index in [0.717, 1.165) is 5.56 Å². The molecule has 0 fully saturated rings. The van der Waals surface area contributed by atoms with E-state index in [1.54, 1.807) is 0 Å². The first-order valence-corrected chi connectivity index (χ1v) is 12.3. The third-order valence-electron chi connectivity index (χ3n) is 5.61. The molecule has 0 saturated heterocycles. The molecule has 3 aromatic rings. The van der Waals surface area contributed by atoms with E-state index in [1.165, 1.54) is 33.2 Å². The van der Waals surface area contributed by atoms with Crippen molar-refractivity contribution < 1.29 is 38.1 Å². The van der Waals surface area contributed by atoms with E-state index in [0.29, 0.717) is 12.2 Å². The number of aromatic nitrogens is 1. The molecule has 10 heteroatoms. The van der Waals surface area contributed by atoms with Gasteiger partial charge in [-0.25, -0.2) is 9.78 Å². The number of carbonyl (C=O) groups excluding carboxylic acids is 3. The van der Waals surface area contributed by atoms with Crippen LogP contribution in [0.5, 0.6) is 17.2 Å². The molecular formula is C29H32N2O8. The zero-order chi connectivity index (χ0) is 28.2. The van der Waals surface area contributed by atoms with Crippen LogP contribution < -0.4 is 19.5 Å². The quantitative estimate of drug-likeness (QED) is 0.257. The monoisotopic (exact) mass is 536 g/mol. The van der Waals surface area contributed by atoms with Crippen LogP contribution in [0.25, 0.3) is 0 Å². The number of para-hydroxylation sites is 1. The van der Waals surface area contributed by atoms with Gasteiger partial charge in [0.2, 0.25) is 6.79 Å². The zero-order valence-corrected chi connectivity index (χ0v) is 22.3. The number of hydrogen-bond donors (Lipinski definition) is 1. The molecule has 1 aromatic heterocycles. The molecule has 1 heterocycles. The van der Waals surface area contributed by atoms with E-state index in [2.05, 4.69) is 10.3 Å². The summed E-state index contributed by atoms with van der Waals surface area (Å²) in [5.41, 5.74) is 0.813. The summed E-state index contributed by atoms with van der Waals surface area (Å²) < 4.78 is 27.3. The highest BCUT2D eigenvalue weighted by molar-refractivity contribution is 5.98. The van der Waals surface area contributed by atoms with Gasteiger partial charge in [-0.15, -0.1) is 0 Å². The molecule has 0 unspecified atom stereocenters. The van der Waals surface area contributed by atoms with Gasteiger partial charge in [0.1, 0.15) is 24.0 Å². The Labute approximate surface area is 227 Å². The fourth-order valence-corrected chi connectivity index (χ4v) is 3.58. The molecule has 2 aromatic carbocycles. The van der Waals surface area contributed by atoms with Gasteiger partial charge in [-0.05, 0) is 31.5 Å². The third kappa shape index (κ3) is 8.74. The van der Waals surface area contributed by atoms with Gasteiger partial charge in [-0.1, -0.05) is 48.5 Å². The molecule has 1 amide bonds. The summed E-state index contributed by atoms with van der Waals surface area (Å²) in [7, 11) is 1.39. The average molecular weight is 537 g/mol. The lowest BCUT2D eigenvalue weighted by molar-refractivity contribution is -0.155. The van der Waals surface area contributed by atoms with E-state index >= 15 is 0 Å². The van der Waals surface area contributed by atoms with Crippen molar-refractivity contribution in [2.24, 2.45) is 0 Å². The van der Waals surface area contributed by atoms with Gasteiger partial charge in [0.05, 0.1) is 7.11 Å². The fraction of sp³-hybridized carbons (Fsp3) is 0.310. The Morgan fingerprint density at radius 3 is 2.26 bits per heavy atom. The molecule has 39 heavy (non-hydrogen) atoms. The number of nitrogens with zero attached hydrogens (tertiary/aromatic N) is 1. The summed E-state index contributed by atoms with van der Waals surface area (Å²) in [6.45, 7) is 4.10. The first-order valence-electron chi connectivity index (χ1n) is 12.3. The van der Waals surface area contributed by atoms with Crippen LogP contribution in [0.1, 0.15) is 36.8 Å². The molecule has 0 radical (unpaired) electrons. The van der Waals surface area contributed by atoms with E-state index in [1.807, 2.05) is 67.6 Å². The van der Waals surface area contributed by atoms with E-state index < -0.39 is 42.9 Å². The molecule has 10 nitrogen and oxygen atoms in total. The number of amides is 1. The van der Waals surface area contributed by atoms with Crippen LogP contribution in [0, 0.1) is 0 Å². The van der Waals surface area contributed by atoms with E-state index in [-0.39, 0.29) is 17.2 Å². The minimum atomic E-state index is -1.03. The highest BCUT2D eigenvalue weighted by Crippen LogP contribution is 2.29. The predicted molar refractivity (Wildman–Crippen MR) is 142 cm³/mol. The second-order valence-corrected chi connectivity index (χ2v) is 8.59. The van der Waals surface area contributed by atoms with E-state index in [9.17, 15) is 14.4 Å². The molecule has 0 aliphatic heterocycles. The average Bonchev–Trinajstić information content (AvgIpc) is 2.93. The number of carbonyl (C=O) groups is 3. The lowest BCUT2D eigenvalue weighted by atomic mass is 10.0. The molecule has 0 saturated carbocycles. The van der Waals surface area contributed by atoms with Crippen molar-refractivity contribution in [3.05, 3.63) is 84.2 Å². The summed E-state index contributed by atoms with van der Waals surface area (Å²) in [5.74, 6) is -1.11. The second-order valence-electron chi connectivity index (χ2n) is 8.59. The van der Waals surface area contributed by atoms with Crippen LogP contribution in [-0.4, -0.2) is 55.0 Å². The molecule has 3 rings (SSSR count). The van der Waals surface area contributed by atoms with Gasteiger partial charge < -0.3 is 29.0 Å². The Bertz CT molecular complexity index is 1240. The van der Waals surface area contributed by atoms with Crippen LogP contribution in [0.3, 0.4) is 0 Å². The standard InChI is InChI=1S/C29H32N2O8/c1-19(31-28(33)26-27(37-18-36-21(3)32)24(35-4)15-16-30-26)29(34)39-25(17-22-11-7-5-8-12-22)20(2)38-23-13-9-6-10-14-23/h5-16,19-20,25H,17-18H2,1-4H3,(H,31,33)/t19-,20-,25+/m0/s1. The number of nitrogens with one attached hydrogen (secondary N) is 1. The highest BCUT2D eigenvalue weighted by atomic mass is 16.7. The fourth-order valence-electron chi connectivity index (χ4n) is 3.58. The Morgan fingerprint density at radius 2 is 1.62 bits per heavy atom. The van der Waals surface area contributed by atoms with Crippen LogP contribution in [-0.2, 0) is 25.5 Å². The SMILES string of the molecule is COc1ccnc(C(=O)N[C@@H](C)C(=O)O[C@H](Cc2ccccc2)[C@H](C)Oc2ccccc2)c1OCOC(C)=O. The van der Waals surface area contributed by atoms with Crippen molar-refractivity contribution in [2.75, 3.05) is 13.9 Å². The minimum Gasteiger partial charge on any atom is -0.493 e. The maximum atomic E-state index is 13.1. The molecule has 1 N–H and O–H groups in total. The van der Waals surface area contributed by atoms with Crippen molar-refractivity contribution in [1.29, 1.82) is 0 Å². The Morgan fingerprint density at radius 1 is 0.949 bits per heavy atom. The largest absolute Gasteiger partial charge is 0.493 e. The Kier molecular flexibility index (Phi) is 10.7. The van der Waals surface area contributed by atoms with E-state index in [4.69, 9.17) is 23.7 Å². The maximum absolute atomic E-state index is 13.1. The summed E-state index contributed by atoms with van der Waals surface area (Å²) in [6.07, 6.45) is 0.638. The maximum Gasteiger partial charge on any atom is 0.328 e. The smallest absolute Gasteiger partial charge is 0.328 e. The van der Waals surface area contributed by atoms with Gasteiger partial charge in [-0.3, -0.25) is 9.59 Å². The predicted octanol–water partition coefficient (Wildman–Crippen LogP) is 3.73. The van der Waals surface area contributed by atoms with Gasteiger partial charge >= 0.3 is 11.9 Å². The van der Waals surface area contributed by atoms with Gasteiger partial charge in [0.15, 0.2) is 17.2 Å². The van der Waals surface area contributed by atoms with Crippen LogP contribution in [0.15, 0.2) is 72.9 Å². The van der Waals surface area contributed by atoms with Crippen molar-refractivity contribution in [3.63, 3.8) is 0 Å².